The highest BCUT2D eigenvalue weighted by Gasteiger charge is 2.37. The molecular weight excluding hydrogens is 422 g/mol. The maximum atomic E-state index is 13.8. The number of likely N-dealkylation sites (tertiary alicyclic amines) is 1. The molecule has 1 saturated heterocycles. The molecule has 180 valence electrons. The smallest absolute Gasteiger partial charge is 0.225 e. The van der Waals surface area contributed by atoms with E-state index in [2.05, 4.69) is 24.8 Å². The van der Waals surface area contributed by atoms with Crippen LogP contribution in [0, 0.1) is 29.4 Å². The van der Waals surface area contributed by atoms with Crippen LogP contribution in [0.2, 0.25) is 0 Å². The van der Waals surface area contributed by atoms with Gasteiger partial charge < -0.3 is 9.64 Å². The van der Waals surface area contributed by atoms with Crippen LogP contribution in [0.4, 0.5) is 8.78 Å². The average molecular weight is 459 g/mol. The van der Waals surface area contributed by atoms with Crippen molar-refractivity contribution in [1.82, 2.24) is 9.80 Å². The number of para-hydroxylation sites is 1. The highest BCUT2D eigenvalue weighted by atomic mass is 19.2. The molecule has 2 aromatic carbocycles. The molecule has 1 aliphatic heterocycles. The van der Waals surface area contributed by atoms with Crippen LogP contribution in [-0.4, -0.2) is 49.0 Å². The van der Waals surface area contributed by atoms with Crippen molar-refractivity contribution in [2.45, 2.75) is 40.2 Å². The van der Waals surface area contributed by atoms with E-state index >= 15 is 0 Å². The Morgan fingerprint density at radius 2 is 1.82 bits per heavy atom. The van der Waals surface area contributed by atoms with Crippen LogP contribution in [0.5, 0.6) is 5.75 Å². The first kappa shape index (κ1) is 25.2. The Morgan fingerprint density at radius 1 is 1.09 bits per heavy atom. The lowest BCUT2D eigenvalue weighted by molar-refractivity contribution is -0.135. The van der Waals surface area contributed by atoms with Crippen LogP contribution < -0.4 is 4.74 Å². The number of halogens is 2. The highest BCUT2D eigenvalue weighted by molar-refractivity contribution is 5.78. The molecule has 2 aromatic rings. The van der Waals surface area contributed by atoms with E-state index in [1.54, 1.807) is 13.2 Å². The summed E-state index contributed by atoms with van der Waals surface area (Å²) in [6.07, 6.45) is 0. The van der Waals surface area contributed by atoms with E-state index in [0.717, 1.165) is 36.5 Å². The zero-order chi connectivity index (χ0) is 24.1. The van der Waals surface area contributed by atoms with Gasteiger partial charge in [-0.3, -0.25) is 9.69 Å². The topological polar surface area (TPSA) is 32.8 Å². The maximum absolute atomic E-state index is 13.8. The summed E-state index contributed by atoms with van der Waals surface area (Å²) in [6.45, 7) is 11.6. The van der Waals surface area contributed by atoms with Crippen molar-refractivity contribution in [1.29, 1.82) is 0 Å². The summed E-state index contributed by atoms with van der Waals surface area (Å²) in [6, 6.07) is 12.1. The molecular formula is C27H36F2N2O2. The minimum absolute atomic E-state index is 0.0619. The van der Waals surface area contributed by atoms with E-state index in [-0.39, 0.29) is 23.7 Å². The highest BCUT2D eigenvalue weighted by Crippen LogP contribution is 2.38. The van der Waals surface area contributed by atoms with Crippen molar-refractivity contribution in [3.05, 3.63) is 65.2 Å². The van der Waals surface area contributed by atoms with E-state index in [0.29, 0.717) is 19.0 Å². The van der Waals surface area contributed by atoms with E-state index in [4.69, 9.17) is 4.74 Å². The Hall–Kier alpha value is -2.47. The van der Waals surface area contributed by atoms with Gasteiger partial charge in [0.05, 0.1) is 7.11 Å². The lowest BCUT2D eigenvalue weighted by Gasteiger charge is -2.31. The summed E-state index contributed by atoms with van der Waals surface area (Å²) < 4.78 is 32.8. The van der Waals surface area contributed by atoms with Gasteiger partial charge in [0.1, 0.15) is 5.75 Å². The minimum atomic E-state index is -0.832. The van der Waals surface area contributed by atoms with Gasteiger partial charge in [0.25, 0.3) is 0 Å². The lowest BCUT2D eigenvalue weighted by Crippen LogP contribution is -2.41. The first-order valence-electron chi connectivity index (χ1n) is 11.8. The third-order valence-corrected chi connectivity index (χ3v) is 6.29. The molecule has 6 heteroatoms. The van der Waals surface area contributed by atoms with E-state index in [1.807, 2.05) is 36.9 Å². The number of carbonyl (C=O) groups excluding carboxylic acids is 1. The molecule has 2 atom stereocenters. The van der Waals surface area contributed by atoms with Crippen LogP contribution in [0.1, 0.15) is 44.7 Å². The number of benzene rings is 2. The van der Waals surface area contributed by atoms with Gasteiger partial charge in [0.15, 0.2) is 11.6 Å². The second-order valence-corrected chi connectivity index (χ2v) is 9.84. The second-order valence-electron chi connectivity index (χ2n) is 9.84. The largest absolute Gasteiger partial charge is 0.496 e. The third-order valence-electron chi connectivity index (χ3n) is 6.29. The zero-order valence-corrected chi connectivity index (χ0v) is 20.4. The molecule has 0 aliphatic carbocycles. The van der Waals surface area contributed by atoms with E-state index in [1.165, 1.54) is 12.1 Å². The lowest BCUT2D eigenvalue weighted by atomic mass is 9.87. The third kappa shape index (κ3) is 6.32. The fourth-order valence-electron chi connectivity index (χ4n) is 4.84. The Bertz CT molecular complexity index is 947. The van der Waals surface area contributed by atoms with Crippen molar-refractivity contribution in [3.63, 3.8) is 0 Å². The van der Waals surface area contributed by atoms with Crippen molar-refractivity contribution in [2.24, 2.45) is 17.8 Å². The van der Waals surface area contributed by atoms with Gasteiger partial charge in [-0.05, 0) is 41.2 Å². The van der Waals surface area contributed by atoms with E-state index in [9.17, 15) is 13.6 Å². The monoisotopic (exact) mass is 458 g/mol. The Labute approximate surface area is 196 Å². The average Bonchev–Trinajstić information content (AvgIpc) is 3.16. The minimum Gasteiger partial charge on any atom is -0.496 e. The first-order valence-corrected chi connectivity index (χ1v) is 11.8. The van der Waals surface area contributed by atoms with Crippen molar-refractivity contribution < 1.29 is 18.3 Å². The van der Waals surface area contributed by atoms with Gasteiger partial charge in [-0.15, -0.1) is 0 Å². The molecule has 1 amide bonds. The van der Waals surface area contributed by atoms with Gasteiger partial charge in [-0.25, -0.2) is 8.78 Å². The molecule has 0 saturated carbocycles. The Kier molecular flexibility index (Phi) is 8.46. The van der Waals surface area contributed by atoms with Gasteiger partial charge >= 0.3 is 0 Å². The predicted octanol–water partition coefficient (Wildman–Crippen LogP) is 5.33. The zero-order valence-electron chi connectivity index (χ0n) is 20.4. The van der Waals surface area contributed by atoms with Crippen LogP contribution >= 0.6 is 0 Å². The molecule has 1 heterocycles. The van der Waals surface area contributed by atoms with Gasteiger partial charge in [0, 0.05) is 44.6 Å². The van der Waals surface area contributed by atoms with Gasteiger partial charge in [-0.1, -0.05) is 52.0 Å². The molecule has 0 aromatic heterocycles. The van der Waals surface area contributed by atoms with Crippen LogP contribution in [0.15, 0.2) is 42.5 Å². The molecule has 0 radical (unpaired) electrons. The van der Waals surface area contributed by atoms with Crippen LogP contribution in [0.25, 0.3) is 0 Å². The molecule has 0 N–H and O–H groups in total. The van der Waals surface area contributed by atoms with Crippen LogP contribution in [-0.2, 0) is 11.3 Å². The second kappa shape index (κ2) is 11.1. The van der Waals surface area contributed by atoms with Crippen molar-refractivity contribution >= 4 is 5.91 Å². The normalized spacial score (nSPS) is 18.8. The SMILES string of the molecule is COc1ccccc1[C@H]1CN(Cc2ccc(F)c(F)c2)C[C@H]1CN(CC(C)C)C(=O)C(C)C. The summed E-state index contributed by atoms with van der Waals surface area (Å²) in [5.41, 5.74) is 1.87. The Balaban J connectivity index is 1.88. The van der Waals surface area contributed by atoms with Crippen LogP contribution in [0.3, 0.4) is 0 Å². The molecule has 33 heavy (non-hydrogen) atoms. The van der Waals surface area contributed by atoms with Gasteiger partial charge in [-0.2, -0.15) is 0 Å². The molecule has 0 bridgehead atoms. The summed E-state index contributed by atoms with van der Waals surface area (Å²) in [5.74, 6) is 0.0327. The number of methoxy groups -OCH3 is 1. The molecule has 1 aliphatic rings. The molecule has 1 fully saturated rings. The van der Waals surface area contributed by atoms with Crippen molar-refractivity contribution in [2.75, 3.05) is 33.3 Å². The maximum Gasteiger partial charge on any atom is 0.225 e. The number of amides is 1. The molecule has 3 rings (SSSR count). The molecule has 4 nitrogen and oxygen atoms in total. The standard InChI is InChI=1S/C27H36F2N2O2/c1-18(2)13-31(27(32)19(3)4)16-21-15-30(14-20-10-11-24(28)25(29)12-20)17-23(21)22-8-6-7-9-26(22)33-5/h6-12,18-19,21,23H,13-17H2,1-5H3/t21-,23-/m0/s1. The number of ether oxygens (including phenoxy) is 1. The van der Waals surface area contributed by atoms with Crippen molar-refractivity contribution in [3.8, 4) is 5.75 Å². The number of hydrogen-bond acceptors (Lipinski definition) is 3. The number of hydrogen-bond donors (Lipinski definition) is 0. The number of rotatable bonds is 9. The summed E-state index contributed by atoms with van der Waals surface area (Å²) in [4.78, 5) is 17.3. The number of carbonyl (C=O) groups is 1. The predicted molar refractivity (Wildman–Crippen MR) is 127 cm³/mol. The Morgan fingerprint density at radius 3 is 2.45 bits per heavy atom. The number of nitrogens with zero attached hydrogens (tertiary/aromatic N) is 2. The summed E-state index contributed by atoms with van der Waals surface area (Å²) in [7, 11) is 1.68. The quantitative estimate of drug-likeness (QED) is 0.509. The fourth-order valence-corrected chi connectivity index (χ4v) is 4.84. The fraction of sp³-hybridized carbons (Fsp3) is 0.519. The first-order chi connectivity index (χ1) is 15.7. The molecule has 0 spiro atoms. The molecule has 0 unspecified atom stereocenters. The summed E-state index contributed by atoms with van der Waals surface area (Å²) >= 11 is 0. The van der Waals surface area contributed by atoms with Gasteiger partial charge in [0.2, 0.25) is 5.91 Å². The summed E-state index contributed by atoms with van der Waals surface area (Å²) in [5, 5.41) is 0. The van der Waals surface area contributed by atoms with E-state index < -0.39 is 11.6 Å².